The molecular formula is C28H44O. The standard InChI is InChI=1S/C28H44O/c1-3-4-5-6-7-8-9-10-11-12-13-14-15-16-17-20-25-23-24-26-21-18-19-22-27(29-2)28(25)26/h18-19,21-24H,3-17,20H2,1-2H3. The molecule has 0 bridgehead atoms. The smallest absolute Gasteiger partial charge is 0.126 e. The second-order valence-electron chi connectivity index (χ2n) is 8.68. The molecule has 1 nitrogen and oxygen atoms in total. The van der Waals surface area contributed by atoms with Crippen LogP contribution in [0.2, 0.25) is 0 Å². The van der Waals surface area contributed by atoms with Crippen molar-refractivity contribution < 1.29 is 4.74 Å². The van der Waals surface area contributed by atoms with Crippen molar-refractivity contribution in [1.29, 1.82) is 0 Å². The van der Waals surface area contributed by atoms with Gasteiger partial charge in [-0.1, -0.05) is 127 Å². The first-order chi connectivity index (χ1) is 14.4. The maximum absolute atomic E-state index is 5.62. The molecule has 0 spiro atoms. The average Bonchev–Trinajstić information content (AvgIpc) is 3.01. The minimum Gasteiger partial charge on any atom is -0.496 e. The number of hydrogen-bond acceptors (Lipinski definition) is 1. The Kier molecular flexibility index (Phi) is 12.6. The fourth-order valence-electron chi connectivity index (χ4n) is 4.43. The van der Waals surface area contributed by atoms with E-state index in [-0.39, 0.29) is 0 Å². The van der Waals surface area contributed by atoms with Crippen LogP contribution in [-0.4, -0.2) is 7.11 Å². The Morgan fingerprint density at radius 1 is 0.586 bits per heavy atom. The molecule has 0 saturated heterocycles. The molecule has 2 aliphatic rings. The number of unbranched alkanes of at least 4 members (excludes halogenated alkanes) is 14. The summed E-state index contributed by atoms with van der Waals surface area (Å²) in [5, 5.41) is 0. The molecule has 0 aromatic heterocycles. The first kappa shape index (κ1) is 23.8. The van der Waals surface area contributed by atoms with E-state index in [0.29, 0.717) is 0 Å². The Morgan fingerprint density at radius 2 is 1.10 bits per heavy atom. The molecule has 2 aliphatic carbocycles. The third-order valence-corrected chi connectivity index (χ3v) is 6.22. The molecule has 0 saturated carbocycles. The van der Waals surface area contributed by atoms with Gasteiger partial charge in [-0.2, -0.15) is 0 Å². The Balaban J connectivity index is 1.47. The summed E-state index contributed by atoms with van der Waals surface area (Å²) in [6.07, 6.45) is 22.5. The van der Waals surface area contributed by atoms with Crippen LogP contribution < -0.4 is 4.74 Å². The molecule has 0 amide bonds. The van der Waals surface area contributed by atoms with Crippen molar-refractivity contribution in [3.8, 4) is 16.9 Å². The van der Waals surface area contributed by atoms with Gasteiger partial charge in [0, 0.05) is 5.56 Å². The summed E-state index contributed by atoms with van der Waals surface area (Å²) in [7, 11) is 1.78. The number of ether oxygens (including phenoxy) is 1. The molecule has 0 heterocycles. The molecule has 0 aromatic rings. The van der Waals surface area contributed by atoms with Gasteiger partial charge >= 0.3 is 0 Å². The molecule has 1 heteroatoms. The van der Waals surface area contributed by atoms with Crippen LogP contribution in [0.25, 0.3) is 11.1 Å². The number of hydrogen-bond donors (Lipinski definition) is 0. The van der Waals surface area contributed by atoms with Crippen LogP contribution in [0.1, 0.15) is 109 Å². The van der Waals surface area contributed by atoms with Crippen molar-refractivity contribution in [1.82, 2.24) is 0 Å². The molecule has 0 N–H and O–H groups in total. The lowest BCUT2D eigenvalue weighted by Gasteiger charge is -2.07. The summed E-state index contributed by atoms with van der Waals surface area (Å²) in [6.45, 7) is 2.29. The molecule has 0 unspecified atom stereocenters. The Labute approximate surface area is 180 Å². The van der Waals surface area contributed by atoms with E-state index >= 15 is 0 Å². The zero-order chi connectivity index (χ0) is 20.6. The second-order valence-corrected chi connectivity index (χ2v) is 8.68. The fourth-order valence-corrected chi connectivity index (χ4v) is 4.43. The van der Waals surface area contributed by atoms with Gasteiger partial charge in [-0.3, -0.25) is 0 Å². The molecule has 0 atom stereocenters. The van der Waals surface area contributed by atoms with Crippen molar-refractivity contribution in [3.63, 3.8) is 0 Å². The van der Waals surface area contributed by atoms with Crippen molar-refractivity contribution >= 4 is 0 Å². The van der Waals surface area contributed by atoms with Gasteiger partial charge in [-0.25, -0.2) is 0 Å². The highest BCUT2D eigenvalue weighted by molar-refractivity contribution is 5.76. The number of fused-ring (bicyclic) bond motifs is 1. The van der Waals surface area contributed by atoms with E-state index < -0.39 is 0 Å². The van der Waals surface area contributed by atoms with Crippen LogP contribution >= 0.6 is 0 Å². The van der Waals surface area contributed by atoms with Crippen LogP contribution in [0, 0.1) is 0 Å². The Morgan fingerprint density at radius 3 is 1.66 bits per heavy atom. The van der Waals surface area contributed by atoms with Gasteiger partial charge in [0.2, 0.25) is 0 Å². The lowest BCUT2D eigenvalue weighted by atomic mass is 10.0. The van der Waals surface area contributed by atoms with Crippen LogP contribution in [-0.2, 0) is 6.42 Å². The van der Waals surface area contributed by atoms with Gasteiger partial charge in [-0.05, 0) is 30.0 Å². The summed E-state index contributed by atoms with van der Waals surface area (Å²) in [4.78, 5) is 0. The topological polar surface area (TPSA) is 9.23 Å². The monoisotopic (exact) mass is 396 g/mol. The van der Waals surface area contributed by atoms with Gasteiger partial charge in [0.15, 0.2) is 0 Å². The molecule has 0 aliphatic heterocycles. The maximum Gasteiger partial charge on any atom is 0.126 e. The van der Waals surface area contributed by atoms with E-state index in [0.717, 1.165) is 5.75 Å². The first-order valence-electron chi connectivity index (χ1n) is 12.4. The van der Waals surface area contributed by atoms with E-state index in [1.54, 1.807) is 7.11 Å². The van der Waals surface area contributed by atoms with Crippen molar-refractivity contribution in [2.24, 2.45) is 0 Å². The highest BCUT2D eigenvalue weighted by Crippen LogP contribution is 2.36. The Bertz CT molecular complexity index is 618. The van der Waals surface area contributed by atoms with E-state index in [9.17, 15) is 0 Å². The third-order valence-electron chi connectivity index (χ3n) is 6.22. The summed E-state index contributed by atoms with van der Waals surface area (Å²) in [6, 6.07) is 13.0. The molecule has 2 rings (SSSR count). The van der Waals surface area contributed by atoms with Gasteiger partial charge in [0.1, 0.15) is 5.75 Å². The normalized spacial score (nSPS) is 11.2. The summed E-state index contributed by atoms with van der Waals surface area (Å²) in [5.74, 6) is 1.01. The minimum absolute atomic E-state index is 1.01. The summed E-state index contributed by atoms with van der Waals surface area (Å²) in [5.41, 5.74) is 4.05. The van der Waals surface area contributed by atoms with E-state index in [4.69, 9.17) is 4.74 Å². The lowest BCUT2D eigenvalue weighted by molar-refractivity contribution is 0.416. The van der Waals surface area contributed by atoms with Crippen molar-refractivity contribution in [3.05, 3.63) is 42.0 Å². The van der Waals surface area contributed by atoms with Crippen LogP contribution in [0.3, 0.4) is 0 Å². The zero-order valence-corrected chi connectivity index (χ0v) is 19.2. The van der Waals surface area contributed by atoms with Gasteiger partial charge in [0.05, 0.1) is 7.11 Å². The van der Waals surface area contributed by atoms with Crippen LogP contribution in [0.15, 0.2) is 36.4 Å². The summed E-state index contributed by atoms with van der Waals surface area (Å²) < 4.78 is 5.62. The quantitative estimate of drug-likeness (QED) is 0.242. The van der Waals surface area contributed by atoms with E-state index in [1.807, 2.05) is 0 Å². The summed E-state index contributed by atoms with van der Waals surface area (Å²) >= 11 is 0. The largest absolute Gasteiger partial charge is 0.496 e. The molecular weight excluding hydrogens is 352 g/mol. The molecule has 162 valence electrons. The minimum atomic E-state index is 1.01. The highest BCUT2D eigenvalue weighted by Gasteiger charge is 2.13. The maximum atomic E-state index is 5.62. The lowest BCUT2D eigenvalue weighted by Crippen LogP contribution is -1.90. The van der Waals surface area contributed by atoms with E-state index in [1.165, 1.54) is 119 Å². The Hall–Kier alpha value is -1.50. The molecule has 29 heavy (non-hydrogen) atoms. The van der Waals surface area contributed by atoms with Crippen LogP contribution in [0.5, 0.6) is 5.75 Å². The number of methoxy groups -OCH3 is 1. The fraction of sp³-hybridized carbons (Fsp3) is 0.643. The average molecular weight is 397 g/mol. The number of aryl methyl sites for hydroxylation is 1. The van der Waals surface area contributed by atoms with Gasteiger partial charge in [0.25, 0.3) is 0 Å². The van der Waals surface area contributed by atoms with E-state index in [2.05, 4.69) is 43.3 Å². The SMILES string of the molecule is CCCCCCCCCCCCCCCCCc1ccc2ccccc(OC)c1-2. The first-order valence-corrected chi connectivity index (χ1v) is 12.4. The third kappa shape index (κ3) is 9.24. The predicted molar refractivity (Wildman–Crippen MR) is 128 cm³/mol. The number of rotatable bonds is 17. The highest BCUT2D eigenvalue weighted by atomic mass is 16.5. The van der Waals surface area contributed by atoms with Gasteiger partial charge < -0.3 is 4.74 Å². The van der Waals surface area contributed by atoms with Crippen molar-refractivity contribution in [2.45, 2.75) is 110 Å². The molecule has 0 aromatic carbocycles. The molecule has 0 radical (unpaired) electrons. The zero-order valence-electron chi connectivity index (χ0n) is 19.2. The van der Waals surface area contributed by atoms with Crippen LogP contribution in [0.4, 0.5) is 0 Å². The van der Waals surface area contributed by atoms with Crippen molar-refractivity contribution in [2.75, 3.05) is 7.11 Å². The van der Waals surface area contributed by atoms with Gasteiger partial charge in [-0.15, -0.1) is 0 Å². The molecule has 0 fully saturated rings. The predicted octanol–water partition coefficient (Wildman–Crippen LogP) is 9.21. The second kappa shape index (κ2) is 15.4.